The zero-order valence-electron chi connectivity index (χ0n) is 7.89. The van der Waals surface area contributed by atoms with Crippen LogP contribution in [0.3, 0.4) is 0 Å². The molecule has 0 aliphatic heterocycles. The Hall–Kier alpha value is -0.600. The maximum absolute atomic E-state index is 13.3. The zero-order valence-corrected chi connectivity index (χ0v) is 8.65. The first-order valence-electron chi connectivity index (χ1n) is 4.82. The van der Waals surface area contributed by atoms with Gasteiger partial charge >= 0.3 is 0 Å². The van der Waals surface area contributed by atoms with E-state index in [1.807, 2.05) is 0 Å². The highest BCUT2D eigenvalue weighted by Crippen LogP contribution is 2.37. The van der Waals surface area contributed by atoms with Crippen LogP contribution in [0.4, 0.5) is 4.39 Å². The van der Waals surface area contributed by atoms with Gasteiger partial charge in [0.1, 0.15) is 5.82 Å². The minimum absolute atomic E-state index is 0.0361. The molecule has 0 amide bonds. The van der Waals surface area contributed by atoms with Gasteiger partial charge in [0.15, 0.2) is 0 Å². The van der Waals surface area contributed by atoms with Crippen LogP contribution >= 0.6 is 11.6 Å². The molecule has 0 unspecified atom stereocenters. The first-order chi connectivity index (χ1) is 6.61. The lowest BCUT2D eigenvalue weighted by Crippen LogP contribution is -2.22. The van der Waals surface area contributed by atoms with E-state index >= 15 is 0 Å². The zero-order chi connectivity index (χ0) is 10.2. The van der Waals surface area contributed by atoms with Crippen LogP contribution in [-0.2, 0) is 6.42 Å². The molecule has 3 heteroatoms. The number of hydrogen-bond donors (Lipinski definition) is 1. The highest BCUT2D eigenvalue weighted by atomic mass is 35.5. The van der Waals surface area contributed by atoms with E-state index in [4.69, 9.17) is 17.3 Å². The summed E-state index contributed by atoms with van der Waals surface area (Å²) >= 11 is 5.90. The minimum Gasteiger partial charge on any atom is -0.325 e. The van der Waals surface area contributed by atoms with Crippen LogP contribution in [-0.4, -0.2) is 5.54 Å². The van der Waals surface area contributed by atoms with E-state index in [0.29, 0.717) is 17.0 Å². The van der Waals surface area contributed by atoms with Crippen LogP contribution in [0.2, 0.25) is 5.02 Å². The number of halogens is 2. The van der Waals surface area contributed by atoms with Gasteiger partial charge in [-0.1, -0.05) is 17.7 Å². The predicted molar refractivity (Wildman–Crippen MR) is 55.9 cm³/mol. The standard InChI is InChI=1S/C11H13ClFN/c12-9-2-1-3-10(13)8(9)4-5-11(14)6-7-11/h1-3H,4-7,14H2. The molecule has 1 saturated carbocycles. The molecule has 0 aromatic heterocycles. The van der Waals surface area contributed by atoms with Gasteiger partial charge in [0.05, 0.1) is 0 Å². The Morgan fingerprint density at radius 2 is 2.14 bits per heavy atom. The van der Waals surface area contributed by atoms with E-state index in [1.165, 1.54) is 6.07 Å². The smallest absolute Gasteiger partial charge is 0.127 e. The lowest BCUT2D eigenvalue weighted by Gasteiger charge is -2.09. The van der Waals surface area contributed by atoms with E-state index in [-0.39, 0.29) is 11.4 Å². The predicted octanol–water partition coefficient (Wildman–Crippen LogP) is 2.90. The fourth-order valence-corrected chi connectivity index (χ4v) is 1.81. The van der Waals surface area contributed by atoms with E-state index in [9.17, 15) is 4.39 Å². The van der Waals surface area contributed by atoms with Crippen molar-refractivity contribution in [1.29, 1.82) is 0 Å². The van der Waals surface area contributed by atoms with E-state index < -0.39 is 0 Å². The molecule has 1 nitrogen and oxygen atoms in total. The molecule has 0 bridgehead atoms. The number of benzene rings is 1. The van der Waals surface area contributed by atoms with Crippen molar-refractivity contribution in [2.75, 3.05) is 0 Å². The largest absolute Gasteiger partial charge is 0.325 e. The molecular formula is C11H13ClFN. The van der Waals surface area contributed by atoms with Crippen LogP contribution in [0.5, 0.6) is 0 Å². The molecule has 0 heterocycles. The van der Waals surface area contributed by atoms with E-state index in [0.717, 1.165) is 19.3 Å². The number of hydrogen-bond acceptors (Lipinski definition) is 1. The molecule has 1 aromatic carbocycles. The second-order valence-corrected chi connectivity index (χ2v) is 4.47. The van der Waals surface area contributed by atoms with E-state index in [1.54, 1.807) is 12.1 Å². The lowest BCUT2D eigenvalue weighted by molar-refractivity contribution is 0.571. The maximum atomic E-state index is 13.3. The SMILES string of the molecule is NC1(CCc2c(F)cccc2Cl)CC1. The van der Waals surface area contributed by atoms with Crippen molar-refractivity contribution in [3.8, 4) is 0 Å². The average Bonchev–Trinajstić information content (AvgIpc) is 2.83. The molecule has 76 valence electrons. The van der Waals surface area contributed by atoms with Crippen LogP contribution in [0.15, 0.2) is 18.2 Å². The molecule has 1 aromatic rings. The summed E-state index contributed by atoms with van der Waals surface area (Å²) in [4.78, 5) is 0. The Kier molecular flexibility index (Phi) is 2.50. The Labute approximate surface area is 88.1 Å². The Balaban J connectivity index is 2.08. The molecule has 1 aliphatic rings. The van der Waals surface area contributed by atoms with Gasteiger partial charge in [-0.05, 0) is 37.8 Å². The lowest BCUT2D eigenvalue weighted by atomic mass is 10.0. The van der Waals surface area contributed by atoms with Gasteiger partial charge in [0.2, 0.25) is 0 Å². The number of rotatable bonds is 3. The van der Waals surface area contributed by atoms with Crippen LogP contribution in [0.25, 0.3) is 0 Å². The van der Waals surface area contributed by atoms with Crippen molar-refractivity contribution in [3.05, 3.63) is 34.6 Å². The molecule has 1 fully saturated rings. The molecule has 0 spiro atoms. The van der Waals surface area contributed by atoms with Gasteiger partial charge < -0.3 is 5.73 Å². The summed E-state index contributed by atoms with van der Waals surface area (Å²) in [5, 5.41) is 0.509. The minimum atomic E-state index is -0.221. The van der Waals surface area contributed by atoms with Gasteiger partial charge in [0, 0.05) is 16.1 Å². The summed E-state index contributed by atoms with van der Waals surface area (Å²) in [6.45, 7) is 0. The summed E-state index contributed by atoms with van der Waals surface area (Å²) in [6, 6.07) is 4.78. The quantitative estimate of drug-likeness (QED) is 0.821. The van der Waals surface area contributed by atoms with Crippen molar-refractivity contribution in [2.45, 2.75) is 31.2 Å². The van der Waals surface area contributed by atoms with Gasteiger partial charge in [-0.3, -0.25) is 0 Å². The molecular weight excluding hydrogens is 201 g/mol. The van der Waals surface area contributed by atoms with Crippen molar-refractivity contribution in [2.24, 2.45) is 5.73 Å². The van der Waals surface area contributed by atoms with Crippen molar-refractivity contribution >= 4 is 11.6 Å². The van der Waals surface area contributed by atoms with Crippen molar-refractivity contribution < 1.29 is 4.39 Å². The molecule has 14 heavy (non-hydrogen) atoms. The first-order valence-corrected chi connectivity index (χ1v) is 5.20. The highest BCUT2D eigenvalue weighted by Gasteiger charge is 2.37. The van der Waals surface area contributed by atoms with Gasteiger partial charge in [-0.15, -0.1) is 0 Å². The molecule has 0 radical (unpaired) electrons. The second-order valence-electron chi connectivity index (χ2n) is 4.06. The van der Waals surface area contributed by atoms with Crippen LogP contribution in [0.1, 0.15) is 24.8 Å². The van der Waals surface area contributed by atoms with Crippen LogP contribution < -0.4 is 5.73 Å². The summed E-state index contributed by atoms with van der Waals surface area (Å²) in [5.41, 5.74) is 6.50. The van der Waals surface area contributed by atoms with E-state index in [2.05, 4.69) is 0 Å². The molecule has 2 rings (SSSR count). The fraction of sp³-hybridized carbons (Fsp3) is 0.455. The maximum Gasteiger partial charge on any atom is 0.127 e. The summed E-state index contributed by atoms with van der Waals surface area (Å²) < 4.78 is 13.3. The normalized spacial score (nSPS) is 18.2. The fourth-order valence-electron chi connectivity index (χ4n) is 1.56. The third kappa shape index (κ3) is 2.07. The van der Waals surface area contributed by atoms with Gasteiger partial charge in [-0.25, -0.2) is 4.39 Å². The first kappa shape index (κ1) is 9.94. The Morgan fingerprint density at radius 3 is 2.71 bits per heavy atom. The highest BCUT2D eigenvalue weighted by molar-refractivity contribution is 6.31. The van der Waals surface area contributed by atoms with Gasteiger partial charge in [0.25, 0.3) is 0 Å². The Morgan fingerprint density at radius 1 is 1.43 bits per heavy atom. The number of nitrogens with two attached hydrogens (primary N) is 1. The third-order valence-electron chi connectivity index (χ3n) is 2.83. The van der Waals surface area contributed by atoms with Crippen LogP contribution in [0, 0.1) is 5.82 Å². The summed E-state index contributed by atoms with van der Waals surface area (Å²) in [7, 11) is 0. The van der Waals surface area contributed by atoms with Crippen molar-refractivity contribution in [3.63, 3.8) is 0 Å². The third-order valence-corrected chi connectivity index (χ3v) is 3.18. The second kappa shape index (κ2) is 3.52. The molecule has 2 N–H and O–H groups in total. The summed E-state index contributed by atoms with van der Waals surface area (Å²) in [6.07, 6.45) is 3.58. The topological polar surface area (TPSA) is 26.0 Å². The Bertz CT molecular complexity index is 327. The van der Waals surface area contributed by atoms with Crippen molar-refractivity contribution in [1.82, 2.24) is 0 Å². The van der Waals surface area contributed by atoms with Gasteiger partial charge in [-0.2, -0.15) is 0 Å². The molecule has 0 saturated heterocycles. The monoisotopic (exact) mass is 213 g/mol. The molecule has 1 aliphatic carbocycles. The average molecular weight is 214 g/mol. The summed E-state index contributed by atoms with van der Waals surface area (Å²) in [5.74, 6) is -0.221. The molecule has 0 atom stereocenters.